The molecular weight excluding hydrogens is 616 g/mol. The van der Waals surface area contributed by atoms with Gasteiger partial charge in [-0.2, -0.15) is 21.8 Å². The number of hydrogen-bond donors (Lipinski definition) is 7. The first kappa shape index (κ1) is 31.0. The number of nitrogens with one attached hydrogen (secondary N) is 4. The van der Waals surface area contributed by atoms with E-state index in [4.69, 9.17) is 10.3 Å². The Morgan fingerprint density at radius 3 is 2.24 bits per heavy atom. The molecule has 0 fully saturated rings. The van der Waals surface area contributed by atoms with Gasteiger partial charge in [-0.15, -0.1) is 10.2 Å². The Morgan fingerprint density at radius 2 is 1.63 bits per heavy atom. The molecule has 20 nitrogen and oxygen atoms in total. The molecule has 0 atom stereocenters. The molecule has 23 heteroatoms. The third-order valence-corrected chi connectivity index (χ3v) is 7.62. The first-order chi connectivity index (χ1) is 18.9. The van der Waals surface area contributed by atoms with Gasteiger partial charge in [-0.25, -0.2) is 27.0 Å². The number of carbonyl (C=O) groups excluding carboxylic acids is 1. The fourth-order valence-electron chi connectivity index (χ4n) is 2.97. The topological polar surface area (TPSA) is 323 Å². The van der Waals surface area contributed by atoms with Crippen molar-refractivity contribution in [1.82, 2.24) is 15.0 Å². The van der Waals surface area contributed by atoms with Crippen LogP contribution >= 0.6 is 0 Å². The third kappa shape index (κ3) is 8.98. The monoisotopic (exact) mass is 634 g/mol. The van der Waals surface area contributed by atoms with Gasteiger partial charge in [-0.05, 0) is 36.4 Å². The second-order valence-electron chi connectivity index (χ2n) is 7.56. The van der Waals surface area contributed by atoms with Crippen LogP contribution in [0.15, 0.2) is 66.0 Å². The van der Waals surface area contributed by atoms with Gasteiger partial charge in [0.1, 0.15) is 16.3 Å². The van der Waals surface area contributed by atoms with E-state index < -0.39 is 75.6 Å². The number of primary amides is 1. The highest BCUT2D eigenvalue weighted by Gasteiger charge is 2.23. The Balaban J connectivity index is 1.97. The number of aromatic nitrogens is 3. The Kier molecular flexibility index (Phi) is 9.00. The molecule has 220 valence electrons. The smallest absolute Gasteiger partial charge is 0.351 e. The van der Waals surface area contributed by atoms with Gasteiger partial charge in [-0.3, -0.25) is 19.1 Å². The SMILES string of the molecule is NC(=O)Nc1cc(Nc2nc(=O)[nH]c(=O)[nH]2)ccc1N=Nc1ccc(S(=O)(=O)CCOS(=O)(=O)O)cc1S(=O)(=O)O. The molecule has 0 spiro atoms. The van der Waals surface area contributed by atoms with Crippen LogP contribution in [0.3, 0.4) is 0 Å². The van der Waals surface area contributed by atoms with Crippen molar-refractivity contribution in [2.75, 3.05) is 23.0 Å². The standard InChI is InChI=1S/C18H18N8O12S3/c19-15(27)21-13-7-9(20-16-22-17(28)24-18(29)23-16)1-3-11(13)25-26-12-4-2-10(8-14(12)40(32,33)34)39(30,31)6-5-38-41(35,36)37/h1-4,7-8H,5-6H2,(H3,19,21,27)(H,32,33,34)(H,35,36,37)(H3,20,22,23,24,28,29). The number of azo groups is 1. The lowest BCUT2D eigenvalue weighted by atomic mass is 10.2. The van der Waals surface area contributed by atoms with Gasteiger partial charge >= 0.3 is 27.8 Å². The van der Waals surface area contributed by atoms with E-state index in [1.54, 1.807) is 0 Å². The number of nitrogens with zero attached hydrogens (tertiary/aromatic N) is 3. The molecule has 41 heavy (non-hydrogen) atoms. The number of hydrogen-bond acceptors (Lipinski definition) is 14. The second-order valence-corrected chi connectivity index (χ2v) is 12.2. The summed E-state index contributed by atoms with van der Waals surface area (Å²) < 4.78 is 92.2. The predicted molar refractivity (Wildman–Crippen MR) is 138 cm³/mol. The summed E-state index contributed by atoms with van der Waals surface area (Å²) in [6.07, 6.45) is 0. The lowest BCUT2D eigenvalue weighted by Gasteiger charge is -2.10. The number of benzene rings is 2. The number of nitrogens with two attached hydrogens (primary N) is 1. The Labute approximate surface area is 229 Å². The van der Waals surface area contributed by atoms with Gasteiger partial charge in [0.15, 0.2) is 9.84 Å². The average molecular weight is 635 g/mol. The van der Waals surface area contributed by atoms with Crippen LogP contribution in [0, 0.1) is 0 Å². The molecule has 1 aromatic heterocycles. The van der Waals surface area contributed by atoms with E-state index >= 15 is 0 Å². The van der Waals surface area contributed by atoms with Gasteiger partial charge in [0.05, 0.1) is 22.9 Å². The van der Waals surface area contributed by atoms with Crippen molar-refractivity contribution >= 4 is 65.1 Å². The highest BCUT2D eigenvalue weighted by molar-refractivity contribution is 7.91. The maximum atomic E-state index is 12.4. The van der Waals surface area contributed by atoms with Crippen molar-refractivity contribution in [2.24, 2.45) is 16.0 Å². The zero-order valence-electron chi connectivity index (χ0n) is 20.0. The van der Waals surface area contributed by atoms with Crippen LogP contribution in [-0.4, -0.2) is 67.7 Å². The largest absolute Gasteiger partial charge is 0.397 e. The van der Waals surface area contributed by atoms with Crippen LogP contribution in [0.4, 0.5) is 33.5 Å². The number of H-pyrrole nitrogens is 2. The van der Waals surface area contributed by atoms with Crippen molar-refractivity contribution in [3.05, 3.63) is 57.4 Å². The molecule has 2 amide bonds. The van der Waals surface area contributed by atoms with E-state index in [2.05, 4.69) is 35.0 Å². The fourth-order valence-corrected chi connectivity index (χ4v) is 5.21. The molecule has 0 saturated heterocycles. The molecule has 0 aliphatic carbocycles. The van der Waals surface area contributed by atoms with Crippen molar-refractivity contribution < 1.29 is 43.3 Å². The van der Waals surface area contributed by atoms with Crippen molar-refractivity contribution in [2.45, 2.75) is 9.79 Å². The first-order valence-electron chi connectivity index (χ1n) is 10.5. The summed E-state index contributed by atoms with van der Waals surface area (Å²) in [5.74, 6) is -1.24. The molecule has 0 unspecified atom stereocenters. The summed E-state index contributed by atoms with van der Waals surface area (Å²) in [5, 5.41) is 12.3. The molecule has 0 radical (unpaired) electrons. The summed E-state index contributed by atoms with van der Waals surface area (Å²) in [4.78, 5) is 40.2. The van der Waals surface area contributed by atoms with Crippen LogP contribution < -0.4 is 27.7 Å². The average Bonchev–Trinajstić information content (AvgIpc) is 2.81. The molecule has 0 aliphatic heterocycles. The van der Waals surface area contributed by atoms with Gasteiger partial charge in [-0.1, -0.05) is 0 Å². The molecule has 0 aliphatic rings. The highest BCUT2D eigenvalue weighted by Crippen LogP contribution is 2.33. The molecule has 1 heterocycles. The number of sulfone groups is 1. The summed E-state index contributed by atoms with van der Waals surface area (Å²) in [7, 11) is -14.4. The normalized spacial score (nSPS) is 12.3. The number of anilines is 3. The van der Waals surface area contributed by atoms with E-state index in [0.29, 0.717) is 6.07 Å². The van der Waals surface area contributed by atoms with Crippen molar-refractivity contribution in [1.29, 1.82) is 0 Å². The maximum Gasteiger partial charge on any atom is 0.397 e. The number of urea groups is 1. The Hall–Kier alpha value is -4.55. The number of aromatic amines is 2. The van der Waals surface area contributed by atoms with Crippen LogP contribution in [0.2, 0.25) is 0 Å². The van der Waals surface area contributed by atoms with E-state index in [1.165, 1.54) is 18.2 Å². The van der Waals surface area contributed by atoms with Crippen LogP contribution in [0.1, 0.15) is 0 Å². The fraction of sp³-hybridized carbons (Fsp3) is 0.111. The molecule has 8 N–H and O–H groups in total. The maximum absolute atomic E-state index is 12.4. The molecule has 3 rings (SSSR count). The van der Waals surface area contributed by atoms with E-state index in [1.807, 2.05) is 4.98 Å². The quantitative estimate of drug-likeness (QED) is 0.107. The number of carbonyl (C=O) groups is 1. The molecule has 2 aromatic carbocycles. The first-order valence-corrected chi connectivity index (χ1v) is 14.9. The minimum atomic E-state index is -5.09. The molecule has 3 aromatic rings. The Bertz CT molecular complexity index is 1940. The van der Waals surface area contributed by atoms with Crippen LogP contribution in [0.5, 0.6) is 0 Å². The summed E-state index contributed by atoms with van der Waals surface area (Å²) in [6, 6.07) is 5.05. The number of rotatable bonds is 11. The predicted octanol–water partition coefficient (Wildman–Crippen LogP) is -0.0524. The van der Waals surface area contributed by atoms with E-state index in [-0.39, 0.29) is 23.0 Å². The minimum Gasteiger partial charge on any atom is -0.351 e. The zero-order chi connectivity index (χ0) is 30.6. The second kappa shape index (κ2) is 11.9. The van der Waals surface area contributed by atoms with E-state index in [9.17, 15) is 44.2 Å². The molecular formula is C18H18N8O12S3. The Morgan fingerprint density at radius 1 is 0.976 bits per heavy atom. The van der Waals surface area contributed by atoms with Crippen molar-refractivity contribution in [3.8, 4) is 0 Å². The van der Waals surface area contributed by atoms with Crippen LogP contribution in [-0.2, 0) is 34.5 Å². The lowest BCUT2D eigenvalue weighted by Crippen LogP contribution is -2.25. The lowest BCUT2D eigenvalue weighted by molar-refractivity contribution is 0.259. The third-order valence-electron chi connectivity index (χ3n) is 4.60. The van der Waals surface area contributed by atoms with Crippen LogP contribution in [0.25, 0.3) is 0 Å². The summed E-state index contributed by atoms with van der Waals surface area (Å²) in [5.41, 5.74) is 2.75. The van der Waals surface area contributed by atoms with Crippen molar-refractivity contribution in [3.63, 3.8) is 0 Å². The highest BCUT2D eigenvalue weighted by atomic mass is 32.3. The number of amides is 2. The zero-order valence-corrected chi connectivity index (χ0v) is 22.4. The minimum absolute atomic E-state index is 0.107. The van der Waals surface area contributed by atoms with Gasteiger partial charge in [0.2, 0.25) is 5.95 Å². The summed E-state index contributed by atoms with van der Waals surface area (Å²) in [6.45, 7) is -0.989. The summed E-state index contributed by atoms with van der Waals surface area (Å²) >= 11 is 0. The van der Waals surface area contributed by atoms with Gasteiger partial charge in [0, 0.05) is 5.69 Å². The van der Waals surface area contributed by atoms with Gasteiger partial charge < -0.3 is 16.4 Å². The van der Waals surface area contributed by atoms with E-state index in [0.717, 1.165) is 12.1 Å². The van der Waals surface area contributed by atoms with Gasteiger partial charge in [0.25, 0.3) is 10.1 Å². The molecule has 0 saturated carbocycles. The molecule has 0 bridgehead atoms.